The predicted molar refractivity (Wildman–Crippen MR) is 123 cm³/mol. The highest BCUT2D eigenvalue weighted by Gasteiger charge is 2.23. The van der Waals surface area contributed by atoms with Crippen LogP contribution in [-0.4, -0.2) is 34.9 Å². The van der Waals surface area contributed by atoms with Crippen molar-refractivity contribution in [3.8, 4) is 0 Å². The van der Waals surface area contributed by atoms with Gasteiger partial charge in [-0.15, -0.1) is 11.3 Å². The molecule has 0 spiro atoms. The molecule has 1 aliphatic rings. The number of aromatic nitrogens is 2. The van der Waals surface area contributed by atoms with Gasteiger partial charge in [0.15, 0.2) is 5.16 Å². The lowest BCUT2D eigenvalue weighted by atomic mass is 10.1. The molecule has 0 unspecified atom stereocenters. The van der Waals surface area contributed by atoms with Crippen LogP contribution in [0.5, 0.6) is 0 Å². The molecule has 1 amide bonds. The van der Waals surface area contributed by atoms with Gasteiger partial charge in [-0.1, -0.05) is 17.8 Å². The van der Waals surface area contributed by atoms with Crippen molar-refractivity contribution in [1.29, 1.82) is 0 Å². The SMILES string of the molecule is COCCn1c(SCC(=O)Nc2ccc(C)c(C)c2)nc2sc3c(c2c1=O)CCC3. The lowest BCUT2D eigenvalue weighted by Gasteiger charge is -2.12. The number of nitrogens with one attached hydrogen (secondary N) is 1. The van der Waals surface area contributed by atoms with Gasteiger partial charge in [0.2, 0.25) is 5.91 Å². The van der Waals surface area contributed by atoms with E-state index in [-0.39, 0.29) is 17.2 Å². The van der Waals surface area contributed by atoms with E-state index < -0.39 is 0 Å². The van der Waals surface area contributed by atoms with E-state index in [0.717, 1.165) is 40.7 Å². The van der Waals surface area contributed by atoms with Crippen LogP contribution in [0, 0.1) is 13.8 Å². The van der Waals surface area contributed by atoms with E-state index in [0.29, 0.717) is 18.3 Å². The molecule has 1 aromatic carbocycles. The average Bonchev–Trinajstić information content (AvgIpc) is 3.29. The normalized spacial score (nSPS) is 13.0. The second-order valence-corrected chi connectivity index (χ2v) is 9.54. The fraction of sp³-hybridized carbons (Fsp3) is 0.409. The Kier molecular flexibility index (Phi) is 6.26. The minimum absolute atomic E-state index is 0.0199. The highest BCUT2D eigenvalue weighted by molar-refractivity contribution is 7.99. The molecule has 0 aliphatic heterocycles. The number of fused-ring (bicyclic) bond motifs is 3. The van der Waals surface area contributed by atoms with Gasteiger partial charge in [-0.2, -0.15) is 0 Å². The highest BCUT2D eigenvalue weighted by Crippen LogP contribution is 2.35. The monoisotopic (exact) mass is 443 g/mol. The van der Waals surface area contributed by atoms with Gasteiger partial charge < -0.3 is 10.1 Å². The Bertz CT molecular complexity index is 1170. The third-order valence-electron chi connectivity index (χ3n) is 5.43. The predicted octanol–water partition coefficient (Wildman–Crippen LogP) is 3.94. The summed E-state index contributed by atoms with van der Waals surface area (Å²) < 4.78 is 6.85. The molecule has 2 aromatic heterocycles. The van der Waals surface area contributed by atoms with E-state index in [4.69, 9.17) is 9.72 Å². The number of rotatable bonds is 7. The minimum atomic E-state index is -0.121. The molecule has 0 saturated heterocycles. The van der Waals surface area contributed by atoms with Crippen molar-refractivity contribution in [2.75, 3.05) is 24.8 Å². The van der Waals surface area contributed by atoms with E-state index in [2.05, 4.69) is 5.32 Å². The van der Waals surface area contributed by atoms with Crippen LogP contribution in [0.25, 0.3) is 10.2 Å². The molecular weight excluding hydrogens is 418 g/mol. The summed E-state index contributed by atoms with van der Waals surface area (Å²) in [5, 5.41) is 4.26. The highest BCUT2D eigenvalue weighted by atomic mass is 32.2. The molecule has 0 fully saturated rings. The fourth-order valence-electron chi connectivity index (χ4n) is 3.69. The van der Waals surface area contributed by atoms with Crippen molar-refractivity contribution in [2.45, 2.75) is 44.8 Å². The molecule has 0 bridgehead atoms. The average molecular weight is 444 g/mol. The van der Waals surface area contributed by atoms with Crippen molar-refractivity contribution in [3.63, 3.8) is 0 Å². The smallest absolute Gasteiger partial charge is 0.263 e. The molecule has 4 rings (SSSR count). The van der Waals surface area contributed by atoms with Crippen LogP contribution >= 0.6 is 23.1 Å². The summed E-state index contributed by atoms with van der Waals surface area (Å²) in [5.74, 6) is 0.0627. The van der Waals surface area contributed by atoms with Crippen molar-refractivity contribution in [3.05, 3.63) is 50.1 Å². The topological polar surface area (TPSA) is 73.2 Å². The number of thioether (sulfide) groups is 1. The van der Waals surface area contributed by atoms with E-state index in [9.17, 15) is 9.59 Å². The first kappa shape index (κ1) is 21.1. The Morgan fingerprint density at radius 2 is 2.13 bits per heavy atom. The molecule has 6 nitrogen and oxygen atoms in total. The number of aryl methyl sites for hydroxylation is 4. The first-order valence-electron chi connectivity index (χ1n) is 10.0. The molecule has 1 aliphatic carbocycles. The van der Waals surface area contributed by atoms with Crippen molar-refractivity contribution >= 4 is 44.9 Å². The number of carbonyl (C=O) groups is 1. The van der Waals surface area contributed by atoms with Crippen LogP contribution in [0.4, 0.5) is 5.69 Å². The van der Waals surface area contributed by atoms with Crippen LogP contribution < -0.4 is 10.9 Å². The molecule has 1 N–H and O–H groups in total. The summed E-state index contributed by atoms with van der Waals surface area (Å²) in [6.07, 6.45) is 3.07. The number of hydrogen-bond acceptors (Lipinski definition) is 6. The van der Waals surface area contributed by atoms with E-state index >= 15 is 0 Å². The summed E-state index contributed by atoms with van der Waals surface area (Å²) in [7, 11) is 1.61. The van der Waals surface area contributed by atoms with Gasteiger partial charge in [0.05, 0.1) is 24.3 Å². The van der Waals surface area contributed by atoms with Gasteiger partial charge in [0.1, 0.15) is 4.83 Å². The summed E-state index contributed by atoms with van der Waals surface area (Å²) in [4.78, 5) is 32.6. The second-order valence-electron chi connectivity index (χ2n) is 7.52. The third kappa shape index (κ3) is 4.17. The molecule has 3 aromatic rings. The van der Waals surface area contributed by atoms with Gasteiger partial charge in [0.25, 0.3) is 5.56 Å². The van der Waals surface area contributed by atoms with Gasteiger partial charge in [-0.05, 0) is 61.9 Å². The lowest BCUT2D eigenvalue weighted by molar-refractivity contribution is -0.113. The number of amides is 1. The zero-order valence-electron chi connectivity index (χ0n) is 17.4. The number of nitrogens with zero attached hydrogens (tertiary/aromatic N) is 2. The Balaban J connectivity index is 1.57. The van der Waals surface area contributed by atoms with Crippen molar-refractivity contribution < 1.29 is 9.53 Å². The summed E-state index contributed by atoms with van der Waals surface area (Å²) in [5.41, 5.74) is 4.24. The van der Waals surface area contributed by atoms with Crippen molar-refractivity contribution in [2.24, 2.45) is 0 Å². The number of methoxy groups -OCH3 is 1. The molecule has 0 atom stereocenters. The van der Waals surface area contributed by atoms with Crippen molar-refractivity contribution in [1.82, 2.24) is 9.55 Å². The molecule has 2 heterocycles. The first-order chi connectivity index (χ1) is 14.5. The van der Waals surface area contributed by atoms with Gasteiger partial charge in [-0.25, -0.2) is 4.98 Å². The van der Waals surface area contributed by atoms with Crippen LogP contribution in [-0.2, 0) is 28.9 Å². The maximum atomic E-state index is 13.2. The van der Waals surface area contributed by atoms with E-state index in [1.165, 1.54) is 27.8 Å². The van der Waals surface area contributed by atoms with Crippen LogP contribution in [0.2, 0.25) is 0 Å². The molecule has 0 radical (unpaired) electrons. The summed E-state index contributed by atoms with van der Waals surface area (Å²) in [6, 6.07) is 5.85. The molecule has 8 heteroatoms. The molecule has 0 saturated carbocycles. The van der Waals surface area contributed by atoms with Crippen LogP contribution in [0.15, 0.2) is 28.2 Å². The molecule has 158 valence electrons. The Morgan fingerprint density at radius 3 is 2.90 bits per heavy atom. The Labute approximate surface area is 183 Å². The number of hydrogen-bond donors (Lipinski definition) is 1. The minimum Gasteiger partial charge on any atom is -0.383 e. The number of anilines is 1. The number of carbonyl (C=O) groups excluding carboxylic acids is 1. The fourth-order valence-corrected chi connectivity index (χ4v) is 5.82. The molecular formula is C22H25N3O3S2. The van der Waals surface area contributed by atoms with Gasteiger partial charge >= 0.3 is 0 Å². The van der Waals surface area contributed by atoms with Gasteiger partial charge in [0, 0.05) is 17.7 Å². The second kappa shape index (κ2) is 8.91. The van der Waals surface area contributed by atoms with Crippen LogP contribution in [0.1, 0.15) is 28.0 Å². The number of benzene rings is 1. The molecule has 30 heavy (non-hydrogen) atoms. The standard InChI is InChI=1S/C22H25N3O3S2/c1-13-7-8-15(11-14(13)2)23-18(26)12-29-22-24-20-19(16-5-4-6-17(16)30-20)21(27)25(22)9-10-28-3/h7-8,11H,4-6,9-10,12H2,1-3H3,(H,23,26). The maximum absolute atomic E-state index is 13.2. The lowest BCUT2D eigenvalue weighted by Crippen LogP contribution is -2.26. The summed E-state index contributed by atoms with van der Waals surface area (Å²) in [6.45, 7) is 4.90. The Morgan fingerprint density at radius 1 is 1.30 bits per heavy atom. The maximum Gasteiger partial charge on any atom is 0.263 e. The van der Waals surface area contributed by atoms with Gasteiger partial charge in [-0.3, -0.25) is 14.2 Å². The summed E-state index contributed by atoms with van der Waals surface area (Å²) >= 11 is 2.91. The zero-order valence-corrected chi connectivity index (χ0v) is 19.0. The van der Waals surface area contributed by atoms with E-state index in [1.807, 2.05) is 32.0 Å². The Hall–Kier alpha value is -2.16. The largest absolute Gasteiger partial charge is 0.383 e. The third-order valence-corrected chi connectivity index (χ3v) is 7.59. The zero-order chi connectivity index (χ0) is 21.3. The number of thiophene rings is 1. The van der Waals surface area contributed by atoms with E-state index in [1.54, 1.807) is 23.0 Å². The van der Waals surface area contributed by atoms with Crippen LogP contribution in [0.3, 0.4) is 0 Å². The quantitative estimate of drug-likeness (QED) is 0.442. The number of ether oxygens (including phenoxy) is 1. The first-order valence-corrected chi connectivity index (χ1v) is 11.8.